The monoisotopic (exact) mass is 415 g/mol. The van der Waals surface area contributed by atoms with Gasteiger partial charge in [0.05, 0.1) is 5.92 Å². The fourth-order valence-corrected chi connectivity index (χ4v) is 3.44. The van der Waals surface area contributed by atoms with Gasteiger partial charge in [0.1, 0.15) is 13.2 Å². The Hall–Kier alpha value is -3.26. The van der Waals surface area contributed by atoms with Gasteiger partial charge in [0, 0.05) is 29.2 Å². The van der Waals surface area contributed by atoms with Crippen molar-refractivity contribution in [3.63, 3.8) is 0 Å². The third-order valence-electron chi connectivity index (χ3n) is 4.72. The average molecular weight is 416 g/mol. The normalized spacial score (nSPS) is 17.8. The van der Waals surface area contributed by atoms with Crippen molar-refractivity contribution in [3.05, 3.63) is 53.1 Å². The van der Waals surface area contributed by atoms with E-state index < -0.39 is 17.7 Å². The Labute approximate surface area is 171 Å². The lowest BCUT2D eigenvalue weighted by Crippen LogP contribution is -2.45. The SMILES string of the molecule is O=C(NNC(=O)[C@H]1CC(=O)N(c2cccc(Cl)c2)C1)c1ccc2c(c1)OCCO2. The summed E-state index contributed by atoms with van der Waals surface area (Å²) in [6.45, 7) is 1.08. The summed E-state index contributed by atoms with van der Waals surface area (Å²) in [4.78, 5) is 38.6. The molecule has 9 heteroatoms. The lowest BCUT2D eigenvalue weighted by molar-refractivity contribution is -0.126. The molecule has 2 heterocycles. The zero-order valence-corrected chi connectivity index (χ0v) is 16.1. The van der Waals surface area contributed by atoms with Gasteiger partial charge in [-0.05, 0) is 36.4 Å². The molecule has 4 rings (SSSR count). The Kier molecular flexibility index (Phi) is 5.26. The minimum absolute atomic E-state index is 0.0538. The first-order chi connectivity index (χ1) is 14.0. The highest BCUT2D eigenvalue weighted by Gasteiger charge is 2.35. The van der Waals surface area contributed by atoms with Crippen LogP contribution in [-0.2, 0) is 9.59 Å². The molecule has 3 amide bonds. The van der Waals surface area contributed by atoms with Gasteiger partial charge in [0.15, 0.2) is 11.5 Å². The maximum Gasteiger partial charge on any atom is 0.269 e. The molecule has 8 nitrogen and oxygen atoms in total. The number of benzene rings is 2. The quantitative estimate of drug-likeness (QED) is 0.746. The van der Waals surface area contributed by atoms with E-state index in [-0.39, 0.29) is 18.9 Å². The van der Waals surface area contributed by atoms with Crippen LogP contribution in [0.4, 0.5) is 5.69 Å². The third-order valence-corrected chi connectivity index (χ3v) is 4.95. The summed E-state index contributed by atoms with van der Waals surface area (Å²) < 4.78 is 10.9. The van der Waals surface area contributed by atoms with E-state index in [1.54, 1.807) is 42.5 Å². The zero-order valence-electron chi connectivity index (χ0n) is 15.3. The van der Waals surface area contributed by atoms with Gasteiger partial charge >= 0.3 is 0 Å². The molecule has 1 fully saturated rings. The number of carbonyl (C=O) groups excluding carboxylic acids is 3. The highest BCUT2D eigenvalue weighted by atomic mass is 35.5. The van der Waals surface area contributed by atoms with Crippen LogP contribution in [0.5, 0.6) is 11.5 Å². The Bertz CT molecular complexity index is 980. The number of ether oxygens (including phenoxy) is 2. The molecule has 1 atom stereocenters. The Morgan fingerprint density at radius 1 is 1.03 bits per heavy atom. The first-order valence-corrected chi connectivity index (χ1v) is 9.45. The minimum Gasteiger partial charge on any atom is -0.486 e. The summed E-state index contributed by atoms with van der Waals surface area (Å²) in [6, 6.07) is 11.7. The molecule has 2 N–H and O–H groups in total. The number of halogens is 1. The Morgan fingerprint density at radius 3 is 2.62 bits per heavy atom. The highest BCUT2D eigenvalue weighted by molar-refractivity contribution is 6.31. The van der Waals surface area contributed by atoms with Crippen molar-refractivity contribution >= 4 is 35.0 Å². The maximum absolute atomic E-state index is 12.4. The van der Waals surface area contributed by atoms with Gasteiger partial charge in [-0.25, -0.2) is 0 Å². The average Bonchev–Trinajstić information content (AvgIpc) is 3.13. The van der Waals surface area contributed by atoms with Crippen molar-refractivity contribution in [2.75, 3.05) is 24.7 Å². The largest absolute Gasteiger partial charge is 0.486 e. The van der Waals surface area contributed by atoms with E-state index in [1.165, 1.54) is 4.90 Å². The lowest BCUT2D eigenvalue weighted by Gasteiger charge is -2.19. The minimum atomic E-state index is -0.581. The number of hydrogen-bond donors (Lipinski definition) is 2. The van der Waals surface area contributed by atoms with E-state index in [2.05, 4.69) is 10.9 Å². The smallest absolute Gasteiger partial charge is 0.269 e. The number of rotatable bonds is 3. The van der Waals surface area contributed by atoms with Crippen molar-refractivity contribution < 1.29 is 23.9 Å². The van der Waals surface area contributed by atoms with E-state index in [0.29, 0.717) is 41.0 Å². The molecule has 2 aromatic rings. The standard InChI is InChI=1S/C20H18ClN3O5/c21-14-2-1-3-15(10-14)24-11-13(9-18(24)25)20(27)23-22-19(26)12-4-5-16-17(8-12)29-7-6-28-16/h1-5,8,10,13H,6-7,9,11H2,(H,22,26)(H,23,27)/t13-/m0/s1. The molecule has 2 aliphatic heterocycles. The third kappa shape index (κ3) is 4.12. The van der Waals surface area contributed by atoms with Crippen LogP contribution in [0, 0.1) is 5.92 Å². The van der Waals surface area contributed by atoms with Crippen molar-refractivity contribution in [1.29, 1.82) is 0 Å². The van der Waals surface area contributed by atoms with Gasteiger partial charge in [-0.15, -0.1) is 0 Å². The topological polar surface area (TPSA) is 97.0 Å². The van der Waals surface area contributed by atoms with Gasteiger partial charge in [0.25, 0.3) is 5.91 Å². The molecule has 0 aliphatic carbocycles. The number of amides is 3. The second kappa shape index (κ2) is 8.00. The molecule has 150 valence electrons. The molecule has 0 unspecified atom stereocenters. The first-order valence-electron chi connectivity index (χ1n) is 9.07. The van der Waals surface area contributed by atoms with Crippen LogP contribution in [0.25, 0.3) is 0 Å². The molecule has 0 spiro atoms. The van der Waals surface area contributed by atoms with Crippen molar-refractivity contribution in [2.24, 2.45) is 5.92 Å². The van der Waals surface area contributed by atoms with Gasteiger partial charge in [-0.1, -0.05) is 17.7 Å². The van der Waals surface area contributed by atoms with Crippen LogP contribution in [0.3, 0.4) is 0 Å². The van der Waals surface area contributed by atoms with E-state index >= 15 is 0 Å². The van der Waals surface area contributed by atoms with Gasteiger partial charge in [-0.3, -0.25) is 25.2 Å². The van der Waals surface area contributed by atoms with E-state index in [0.717, 1.165) is 0 Å². The van der Waals surface area contributed by atoms with Crippen molar-refractivity contribution in [1.82, 2.24) is 10.9 Å². The molecule has 0 aromatic heterocycles. The molecule has 0 radical (unpaired) electrons. The molecule has 2 aliphatic rings. The van der Waals surface area contributed by atoms with Crippen LogP contribution in [-0.4, -0.2) is 37.5 Å². The molecule has 0 bridgehead atoms. The number of fused-ring (bicyclic) bond motifs is 1. The highest BCUT2D eigenvalue weighted by Crippen LogP contribution is 2.31. The van der Waals surface area contributed by atoms with E-state index in [1.807, 2.05) is 0 Å². The van der Waals surface area contributed by atoms with Crippen LogP contribution < -0.4 is 25.2 Å². The summed E-state index contributed by atoms with van der Waals surface area (Å²) in [5.74, 6) is -0.635. The predicted octanol–water partition coefficient (Wildman–Crippen LogP) is 1.93. The number of hydrogen-bond acceptors (Lipinski definition) is 5. The number of anilines is 1. The molecular weight excluding hydrogens is 398 g/mol. The van der Waals surface area contributed by atoms with Crippen molar-refractivity contribution in [2.45, 2.75) is 6.42 Å². The van der Waals surface area contributed by atoms with Crippen LogP contribution in [0.15, 0.2) is 42.5 Å². The van der Waals surface area contributed by atoms with Gasteiger partial charge in [-0.2, -0.15) is 0 Å². The number of hydrazine groups is 1. The Morgan fingerprint density at radius 2 is 1.83 bits per heavy atom. The fourth-order valence-electron chi connectivity index (χ4n) is 3.25. The fraction of sp³-hybridized carbons (Fsp3) is 0.250. The Balaban J connectivity index is 1.35. The summed E-state index contributed by atoms with van der Waals surface area (Å²) in [7, 11) is 0. The molecule has 29 heavy (non-hydrogen) atoms. The predicted molar refractivity (Wildman–Crippen MR) is 105 cm³/mol. The number of nitrogens with one attached hydrogen (secondary N) is 2. The summed E-state index contributed by atoms with van der Waals surface area (Å²) in [5, 5.41) is 0.509. The molecule has 0 saturated carbocycles. The van der Waals surface area contributed by atoms with Crippen LogP contribution in [0.2, 0.25) is 5.02 Å². The molecule has 1 saturated heterocycles. The maximum atomic E-state index is 12.4. The second-order valence-corrected chi connectivity index (χ2v) is 7.12. The van der Waals surface area contributed by atoms with E-state index in [4.69, 9.17) is 21.1 Å². The summed E-state index contributed by atoms with van der Waals surface area (Å²) in [6.07, 6.45) is 0.0538. The molecule has 2 aromatic carbocycles. The van der Waals surface area contributed by atoms with Crippen LogP contribution >= 0.6 is 11.6 Å². The zero-order chi connectivity index (χ0) is 20.4. The van der Waals surface area contributed by atoms with Crippen molar-refractivity contribution in [3.8, 4) is 11.5 Å². The molecular formula is C20H18ClN3O5. The second-order valence-electron chi connectivity index (χ2n) is 6.69. The summed E-state index contributed by atoms with van der Waals surface area (Å²) in [5.41, 5.74) is 5.72. The summed E-state index contributed by atoms with van der Waals surface area (Å²) >= 11 is 5.98. The first kappa shape index (κ1) is 19.1. The van der Waals surface area contributed by atoms with Crippen LogP contribution in [0.1, 0.15) is 16.8 Å². The van der Waals surface area contributed by atoms with E-state index in [9.17, 15) is 14.4 Å². The van der Waals surface area contributed by atoms with Gasteiger partial charge < -0.3 is 14.4 Å². The number of nitrogens with zero attached hydrogens (tertiary/aromatic N) is 1. The van der Waals surface area contributed by atoms with Gasteiger partial charge in [0.2, 0.25) is 11.8 Å². The lowest BCUT2D eigenvalue weighted by atomic mass is 10.1. The number of carbonyl (C=O) groups is 3.